The van der Waals surface area contributed by atoms with Gasteiger partial charge in [0.1, 0.15) is 0 Å². The number of unbranched alkanes of at least 4 members (excludes halogenated alkanes) is 5. The van der Waals surface area contributed by atoms with E-state index in [0.29, 0.717) is 6.54 Å². The summed E-state index contributed by atoms with van der Waals surface area (Å²) in [6.07, 6.45) is 10.1. The Kier molecular flexibility index (Phi) is 13.1. The second kappa shape index (κ2) is 13.6. The molecule has 0 fully saturated rings. The average molecular weight is 332 g/mol. The zero-order valence-electron chi connectivity index (χ0n) is 15.4. The van der Waals surface area contributed by atoms with Crippen LogP contribution in [0.25, 0.3) is 0 Å². The van der Waals surface area contributed by atoms with Crippen molar-refractivity contribution in [1.82, 2.24) is 5.32 Å². The molecule has 6 heteroatoms. The summed E-state index contributed by atoms with van der Waals surface area (Å²) in [7, 11) is 4.80. The molecule has 0 aliphatic rings. The summed E-state index contributed by atoms with van der Waals surface area (Å²) >= 11 is 0. The predicted molar refractivity (Wildman–Crippen MR) is 92.1 cm³/mol. The van der Waals surface area contributed by atoms with Crippen molar-refractivity contribution in [2.75, 3.05) is 27.9 Å². The highest BCUT2D eigenvalue weighted by molar-refractivity contribution is 5.71. The Morgan fingerprint density at radius 1 is 0.957 bits per heavy atom. The Morgan fingerprint density at radius 2 is 1.48 bits per heavy atom. The van der Waals surface area contributed by atoms with Crippen molar-refractivity contribution < 1.29 is 19.0 Å². The smallest absolute Gasteiger partial charge is 0.312 e. The number of nitrogens with two attached hydrogens (primary N) is 1. The summed E-state index contributed by atoms with van der Waals surface area (Å²) in [5.41, 5.74) is 5.09. The highest BCUT2D eigenvalue weighted by atomic mass is 16.9. The average Bonchev–Trinajstić information content (AvgIpc) is 2.55. The van der Waals surface area contributed by atoms with Crippen LogP contribution in [0.3, 0.4) is 0 Å². The Bertz CT molecular complexity index is 288. The second-order valence-electron chi connectivity index (χ2n) is 5.90. The van der Waals surface area contributed by atoms with E-state index in [2.05, 4.69) is 12.2 Å². The predicted octanol–water partition coefficient (Wildman–Crippen LogP) is 3.39. The van der Waals surface area contributed by atoms with Crippen molar-refractivity contribution in [3.05, 3.63) is 0 Å². The van der Waals surface area contributed by atoms with E-state index in [9.17, 15) is 4.79 Å². The first-order valence-corrected chi connectivity index (χ1v) is 8.75. The summed E-state index contributed by atoms with van der Waals surface area (Å²) in [5, 5.41) is 2.61. The monoisotopic (exact) mass is 332 g/mol. The third-order valence-electron chi connectivity index (χ3n) is 4.29. The quantitative estimate of drug-likeness (QED) is 0.356. The summed E-state index contributed by atoms with van der Waals surface area (Å²) < 4.78 is 16.5. The number of ether oxygens (including phenoxy) is 3. The fourth-order valence-corrected chi connectivity index (χ4v) is 2.98. The van der Waals surface area contributed by atoms with Crippen LogP contribution in [0.2, 0.25) is 0 Å². The van der Waals surface area contributed by atoms with Crippen LogP contribution < -0.4 is 11.1 Å². The van der Waals surface area contributed by atoms with Gasteiger partial charge in [-0.3, -0.25) is 0 Å². The second-order valence-corrected chi connectivity index (χ2v) is 5.90. The summed E-state index contributed by atoms with van der Waals surface area (Å²) in [6.45, 7) is 2.77. The lowest BCUT2D eigenvalue weighted by atomic mass is 9.93. The molecule has 0 aliphatic heterocycles. The van der Waals surface area contributed by atoms with Gasteiger partial charge in [-0.2, -0.15) is 0 Å². The largest absolute Gasteiger partial charge is 0.352 e. The van der Waals surface area contributed by atoms with Crippen LogP contribution in [0.5, 0.6) is 0 Å². The maximum absolute atomic E-state index is 10.7. The standard InChI is InChI=1S/C17H36N2O4/c1-5-6-7-8-9-10-12-15(13-11-14-19-16(18)20)17(21-2,22-3)23-4/h15H,5-14H2,1-4H3,(H3,18,19,20). The number of primary amides is 1. The fourth-order valence-electron chi connectivity index (χ4n) is 2.98. The number of carbonyl (C=O) groups is 1. The Hall–Kier alpha value is -0.850. The van der Waals surface area contributed by atoms with Gasteiger partial charge in [-0.15, -0.1) is 0 Å². The van der Waals surface area contributed by atoms with Gasteiger partial charge in [0.05, 0.1) is 0 Å². The molecule has 0 aliphatic carbocycles. The summed E-state index contributed by atoms with van der Waals surface area (Å²) in [4.78, 5) is 10.7. The van der Waals surface area contributed by atoms with Crippen LogP contribution in [-0.4, -0.2) is 39.9 Å². The Balaban J connectivity index is 4.39. The van der Waals surface area contributed by atoms with E-state index in [1.54, 1.807) is 21.3 Å². The van der Waals surface area contributed by atoms with Gasteiger partial charge in [-0.05, 0) is 19.3 Å². The molecule has 0 rings (SSSR count). The molecule has 3 N–H and O–H groups in total. The molecule has 0 saturated heterocycles. The minimum absolute atomic E-state index is 0.114. The summed E-state index contributed by atoms with van der Waals surface area (Å²) in [6, 6.07) is -0.492. The van der Waals surface area contributed by atoms with Crippen LogP contribution in [0.4, 0.5) is 4.79 Å². The molecule has 6 nitrogen and oxygen atoms in total. The molecule has 0 aromatic carbocycles. The normalized spacial score (nSPS) is 13.0. The fraction of sp³-hybridized carbons (Fsp3) is 0.941. The van der Waals surface area contributed by atoms with E-state index in [4.69, 9.17) is 19.9 Å². The highest BCUT2D eigenvalue weighted by Gasteiger charge is 2.39. The molecule has 0 bridgehead atoms. The van der Waals surface area contributed by atoms with Crippen molar-refractivity contribution in [3.8, 4) is 0 Å². The Morgan fingerprint density at radius 3 is 2.00 bits per heavy atom. The SMILES string of the molecule is CCCCCCCCC(CCCNC(N)=O)C(OC)(OC)OC. The lowest BCUT2D eigenvalue weighted by molar-refractivity contribution is -0.380. The third kappa shape index (κ3) is 9.13. The molecule has 1 unspecified atom stereocenters. The number of methoxy groups -OCH3 is 3. The van der Waals surface area contributed by atoms with Crippen LogP contribution in [-0.2, 0) is 14.2 Å². The first-order chi connectivity index (χ1) is 11.1. The van der Waals surface area contributed by atoms with Gasteiger partial charge >= 0.3 is 6.03 Å². The molecule has 0 aromatic heterocycles. The molecular formula is C17H36N2O4. The van der Waals surface area contributed by atoms with Crippen LogP contribution in [0.1, 0.15) is 64.7 Å². The minimum Gasteiger partial charge on any atom is -0.352 e. The lowest BCUT2D eigenvalue weighted by Crippen LogP contribution is -2.44. The molecule has 1 atom stereocenters. The number of nitrogens with one attached hydrogen (secondary N) is 1. The van der Waals surface area contributed by atoms with Gasteiger partial charge < -0.3 is 25.3 Å². The van der Waals surface area contributed by atoms with Crippen molar-refractivity contribution >= 4 is 6.03 Å². The van der Waals surface area contributed by atoms with Crippen molar-refractivity contribution in [2.24, 2.45) is 11.7 Å². The van der Waals surface area contributed by atoms with E-state index >= 15 is 0 Å². The van der Waals surface area contributed by atoms with Crippen molar-refractivity contribution in [3.63, 3.8) is 0 Å². The number of rotatable bonds is 15. The molecular weight excluding hydrogens is 296 g/mol. The number of amides is 2. The van der Waals surface area contributed by atoms with E-state index in [0.717, 1.165) is 25.7 Å². The van der Waals surface area contributed by atoms with Gasteiger partial charge in [0.15, 0.2) is 0 Å². The van der Waals surface area contributed by atoms with E-state index < -0.39 is 12.0 Å². The molecule has 0 saturated carbocycles. The lowest BCUT2D eigenvalue weighted by Gasteiger charge is -2.36. The molecule has 138 valence electrons. The van der Waals surface area contributed by atoms with Gasteiger partial charge in [0.2, 0.25) is 0 Å². The van der Waals surface area contributed by atoms with E-state index in [1.807, 2.05) is 0 Å². The van der Waals surface area contributed by atoms with E-state index in [-0.39, 0.29) is 5.92 Å². The van der Waals surface area contributed by atoms with E-state index in [1.165, 1.54) is 32.1 Å². The number of carbonyl (C=O) groups excluding carboxylic acids is 1. The van der Waals surface area contributed by atoms with Crippen molar-refractivity contribution in [1.29, 1.82) is 0 Å². The molecule has 0 aromatic rings. The number of hydrogen-bond donors (Lipinski definition) is 2. The minimum atomic E-state index is -1.02. The van der Waals surface area contributed by atoms with Crippen LogP contribution in [0.15, 0.2) is 0 Å². The molecule has 0 radical (unpaired) electrons. The van der Waals surface area contributed by atoms with Gasteiger partial charge in [-0.1, -0.05) is 45.4 Å². The molecule has 23 heavy (non-hydrogen) atoms. The molecule has 0 spiro atoms. The molecule has 0 heterocycles. The number of urea groups is 1. The Labute approximate surface area is 141 Å². The highest BCUT2D eigenvalue weighted by Crippen LogP contribution is 2.32. The van der Waals surface area contributed by atoms with Crippen LogP contribution >= 0.6 is 0 Å². The number of hydrogen-bond acceptors (Lipinski definition) is 4. The van der Waals surface area contributed by atoms with Gasteiger partial charge in [0.25, 0.3) is 5.97 Å². The topological polar surface area (TPSA) is 82.8 Å². The molecule has 2 amide bonds. The van der Waals surface area contributed by atoms with Gasteiger partial charge in [0, 0.05) is 33.8 Å². The first-order valence-electron chi connectivity index (χ1n) is 8.75. The third-order valence-corrected chi connectivity index (χ3v) is 4.29. The summed E-state index contributed by atoms with van der Waals surface area (Å²) in [5.74, 6) is -0.904. The zero-order valence-corrected chi connectivity index (χ0v) is 15.4. The maximum atomic E-state index is 10.7. The zero-order chi connectivity index (χ0) is 17.6. The van der Waals surface area contributed by atoms with Gasteiger partial charge in [-0.25, -0.2) is 4.79 Å². The van der Waals surface area contributed by atoms with Crippen LogP contribution in [0, 0.1) is 5.92 Å². The first kappa shape index (κ1) is 22.1. The maximum Gasteiger partial charge on any atom is 0.312 e. The van der Waals surface area contributed by atoms with Crippen molar-refractivity contribution in [2.45, 2.75) is 70.7 Å².